The second kappa shape index (κ2) is 4.68. The van der Waals surface area contributed by atoms with Crippen molar-refractivity contribution in [3.05, 3.63) is 58.4 Å². The van der Waals surface area contributed by atoms with E-state index in [-0.39, 0.29) is 5.56 Å². The van der Waals surface area contributed by atoms with Crippen molar-refractivity contribution < 1.29 is 9.90 Å². The molecule has 0 unspecified atom stereocenters. The Balaban J connectivity index is 2.35. The Labute approximate surface area is 118 Å². The molecule has 1 heterocycles. The average Bonchev–Trinajstić information content (AvgIpc) is 2.86. The van der Waals surface area contributed by atoms with Gasteiger partial charge in [-0.05, 0) is 40.6 Å². The summed E-state index contributed by atoms with van der Waals surface area (Å²) in [7, 11) is 0. The van der Waals surface area contributed by atoms with Gasteiger partial charge in [0.25, 0.3) is 0 Å². The molecule has 0 amide bonds. The standard InChI is InChI=1S/C15H9ClO2S/c16-10-4-5-12(15(17)18)13(8-10)11-3-1-2-9-6-7-19-14(9)11/h1-8H,(H,17,18). The fourth-order valence-corrected chi connectivity index (χ4v) is 3.23. The lowest BCUT2D eigenvalue weighted by Crippen LogP contribution is -1.99. The van der Waals surface area contributed by atoms with Crippen LogP contribution in [0.15, 0.2) is 47.8 Å². The maximum absolute atomic E-state index is 11.3. The van der Waals surface area contributed by atoms with Crippen LogP contribution in [0.3, 0.4) is 0 Å². The zero-order valence-corrected chi connectivity index (χ0v) is 11.3. The first-order valence-corrected chi connectivity index (χ1v) is 6.92. The Morgan fingerprint density at radius 3 is 2.74 bits per heavy atom. The quantitative estimate of drug-likeness (QED) is 0.727. The minimum atomic E-state index is -0.944. The SMILES string of the molecule is O=C(O)c1ccc(Cl)cc1-c1cccc2ccsc12. The topological polar surface area (TPSA) is 37.3 Å². The molecular weight excluding hydrogens is 280 g/mol. The normalized spacial score (nSPS) is 10.8. The molecule has 0 atom stereocenters. The summed E-state index contributed by atoms with van der Waals surface area (Å²) in [6.07, 6.45) is 0. The van der Waals surface area contributed by atoms with Gasteiger partial charge in [0.1, 0.15) is 0 Å². The lowest BCUT2D eigenvalue weighted by molar-refractivity contribution is 0.0698. The minimum absolute atomic E-state index is 0.269. The molecule has 0 bridgehead atoms. The van der Waals surface area contributed by atoms with E-state index in [0.29, 0.717) is 10.6 Å². The summed E-state index contributed by atoms with van der Waals surface area (Å²) in [5, 5.41) is 12.9. The molecular formula is C15H9ClO2S. The Kier molecular flexibility index (Phi) is 3.01. The van der Waals surface area contributed by atoms with Crippen LogP contribution in [0.25, 0.3) is 21.2 Å². The Morgan fingerprint density at radius 2 is 1.95 bits per heavy atom. The molecule has 3 aromatic rings. The first kappa shape index (κ1) is 12.2. The third-order valence-corrected chi connectivity index (χ3v) is 4.18. The summed E-state index contributed by atoms with van der Waals surface area (Å²) in [6.45, 7) is 0. The zero-order chi connectivity index (χ0) is 13.4. The summed E-state index contributed by atoms with van der Waals surface area (Å²) >= 11 is 7.61. The second-order valence-corrected chi connectivity index (χ2v) is 5.49. The van der Waals surface area contributed by atoms with Crippen molar-refractivity contribution in [2.75, 3.05) is 0 Å². The molecule has 4 heteroatoms. The molecule has 0 saturated heterocycles. The van der Waals surface area contributed by atoms with Gasteiger partial charge in [0.05, 0.1) is 5.56 Å². The molecule has 1 aromatic heterocycles. The van der Waals surface area contributed by atoms with E-state index in [1.165, 1.54) is 0 Å². The van der Waals surface area contributed by atoms with Gasteiger partial charge in [0, 0.05) is 15.3 Å². The molecule has 0 aliphatic heterocycles. The van der Waals surface area contributed by atoms with Crippen LogP contribution in [0.2, 0.25) is 5.02 Å². The smallest absolute Gasteiger partial charge is 0.336 e. The number of benzene rings is 2. The Morgan fingerprint density at radius 1 is 1.11 bits per heavy atom. The lowest BCUT2D eigenvalue weighted by Gasteiger charge is -2.08. The number of thiophene rings is 1. The number of carboxylic acids is 1. The largest absolute Gasteiger partial charge is 0.478 e. The summed E-state index contributed by atoms with van der Waals surface area (Å²) in [4.78, 5) is 11.3. The Bertz CT molecular complexity index is 777. The van der Waals surface area contributed by atoms with Gasteiger partial charge in [0.2, 0.25) is 0 Å². The van der Waals surface area contributed by atoms with Gasteiger partial charge in [-0.2, -0.15) is 0 Å². The van der Waals surface area contributed by atoms with Crippen LogP contribution in [-0.4, -0.2) is 11.1 Å². The van der Waals surface area contributed by atoms with Crippen LogP contribution < -0.4 is 0 Å². The van der Waals surface area contributed by atoms with Gasteiger partial charge in [-0.15, -0.1) is 11.3 Å². The number of fused-ring (bicyclic) bond motifs is 1. The molecule has 0 saturated carbocycles. The van der Waals surface area contributed by atoms with Crippen molar-refractivity contribution in [1.29, 1.82) is 0 Å². The fraction of sp³-hybridized carbons (Fsp3) is 0. The van der Waals surface area contributed by atoms with Gasteiger partial charge < -0.3 is 5.11 Å². The monoisotopic (exact) mass is 288 g/mol. The van der Waals surface area contributed by atoms with Crippen molar-refractivity contribution in [2.45, 2.75) is 0 Å². The van der Waals surface area contributed by atoms with Gasteiger partial charge in [0.15, 0.2) is 0 Å². The zero-order valence-electron chi connectivity index (χ0n) is 9.76. The third-order valence-electron chi connectivity index (χ3n) is 2.98. The molecule has 0 fully saturated rings. The van der Waals surface area contributed by atoms with Crippen LogP contribution >= 0.6 is 22.9 Å². The highest BCUT2D eigenvalue weighted by molar-refractivity contribution is 7.17. The highest BCUT2D eigenvalue weighted by Crippen LogP contribution is 2.35. The van der Waals surface area contributed by atoms with Crippen LogP contribution in [0, 0.1) is 0 Å². The molecule has 94 valence electrons. The second-order valence-electron chi connectivity index (χ2n) is 4.14. The van der Waals surface area contributed by atoms with Crippen LogP contribution in [0.1, 0.15) is 10.4 Å². The molecule has 1 N–H and O–H groups in total. The first-order valence-electron chi connectivity index (χ1n) is 5.66. The summed E-state index contributed by atoms with van der Waals surface area (Å²) in [5.41, 5.74) is 1.84. The number of aromatic carboxylic acids is 1. The highest BCUT2D eigenvalue weighted by Gasteiger charge is 2.14. The summed E-state index contributed by atoms with van der Waals surface area (Å²) in [5.74, 6) is -0.944. The predicted octanol–water partition coefficient (Wildman–Crippen LogP) is 4.92. The number of carbonyl (C=O) groups is 1. The number of rotatable bonds is 2. The molecule has 0 spiro atoms. The predicted molar refractivity (Wildman–Crippen MR) is 79.2 cm³/mol. The van der Waals surface area contributed by atoms with Gasteiger partial charge in [-0.25, -0.2) is 4.79 Å². The molecule has 0 radical (unpaired) electrons. The van der Waals surface area contributed by atoms with Crippen molar-refractivity contribution >= 4 is 39.0 Å². The van der Waals surface area contributed by atoms with E-state index in [4.69, 9.17) is 11.6 Å². The molecule has 19 heavy (non-hydrogen) atoms. The maximum atomic E-state index is 11.3. The van der Waals surface area contributed by atoms with Gasteiger partial charge in [-0.1, -0.05) is 29.8 Å². The van der Waals surface area contributed by atoms with E-state index >= 15 is 0 Å². The lowest BCUT2D eigenvalue weighted by atomic mass is 9.99. The van der Waals surface area contributed by atoms with E-state index in [1.807, 2.05) is 29.6 Å². The first-order chi connectivity index (χ1) is 9.16. The van der Waals surface area contributed by atoms with E-state index in [9.17, 15) is 9.90 Å². The molecule has 2 nitrogen and oxygen atoms in total. The van der Waals surface area contributed by atoms with Crippen molar-refractivity contribution in [3.8, 4) is 11.1 Å². The molecule has 0 aliphatic rings. The molecule has 3 rings (SSSR count). The third kappa shape index (κ3) is 2.11. The number of halogens is 1. The summed E-state index contributed by atoms with van der Waals surface area (Å²) < 4.78 is 1.08. The van der Waals surface area contributed by atoms with E-state index in [2.05, 4.69) is 0 Å². The van der Waals surface area contributed by atoms with Gasteiger partial charge in [-0.3, -0.25) is 0 Å². The van der Waals surface area contributed by atoms with E-state index in [0.717, 1.165) is 15.6 Å². The summed E-state index contributed by atoms with van der Waals surface area (Å²) in [6, 6.07) is 12.7. The van der Waals surface area contributed by atoms with Gasteiger partial charge >= 0.3 is 5.97 Å². The average molecular weight is 289 g/mol. The van der Waals surface area contributed by atoms with E-state index < -0.39 is 5.97 Å². The molecule has 2 aromatic carbocycles. The molecule has 0 aliphatic carbocycles. The number of hydrogen-bond donors (Lipinski definition) is 1. The Hall–Kier alpha value is -1.84. The van der Waals surface area contributed by atoms with Crippen LogP contribution in [0.4, 0.5) is 0 Å². The van der Waals surface area contributed by atoms with E-state index in [1.54, 1.807) is 29.5 Å². The highest BCUT2D eigenvalue weighted by atomic mass is 35.5. The van der Waals surface area contributed by atoms with Crippen LogP contribution in [-0.2, 0) is 0 Å². The minimum Gasteiger partial charge on any atom is -0.478 e. The number of hydrogen-bond acceptors (Lipinski definition) is 2. The van der Waals surface area contributed by atoms with Crippen molar-refractivity contribution in [3.63, 3.8) is 0 Å². The number of carboxylic acid groups (broad SMARTS) is 1. The van der Waals surface area contributed by atoms with Crippen LogP contribution in [0.5, 0.6) is 0 Å². The maximum Gasteiger partial charge on any atom is 0.336 e. The fourth-order valence-electron chi connectivity index (χ4n) is 2.13. The van der Waals surface area contributed by atoms with Crippen molar-refractivity contribution in [1.82, 2.24) is 0 Å². The van der Waals surface area contributed by atoms with Crippen molar-refractivity contribution in [2.24, 2.45) is 0 Å².